The zero-order valence-electron chi connectivity index (χ0n) is 20.3. The van der Waals surface area contributed by atoms with Crippen LogP contribution in [0.2, 0.25) is 0 Å². The van der Waals surface area contributed by atoms with E-state index in [0.717, 1.165) is 11.1 Å². The van der Waals surface area contributed by atoms with Crippen LogP contribution in [0.4, 0.5) is 11.6 Å². The minimum Gasteiger partial charge on any atom is -0.508 e. The van der Waals surface area contributed by atoms with Gasteiger partial charge in [0.2, 0.25) is 11.1 Å². The summed E-state index contributed by atoms with van der Waals surface area (Å²) in [7, 11) is 0. The largest absolute Gasteiger partial charge is 0.508 e. The number of fused-ring (bicyclic) bond motifs is 1. The Morgan fingerprint density at radius 2 is 1.70 bits per heavy atom. The Hall–Kier alpha value is -4.37. The molecule has 8 nitrogen and oxygen atoms in total. The molecule has 0 radical (unpaired) electrons. The lowest BCUT2D eigenvalue weighted by Crippen LogP contribution is -2.31. The fourth-order valence-corrected chi connectivity index (χ4v) is 4.85. The number of benzene rings is 3. The molecule has 37 heavy (non-hydrogen) atoms. The van der Waals surface area contributed by atoms with Crippen molar-refractivity contribution in [1.82, 2.24) is 14.8 Å². The molecule has 1 atom stereocenters. The normalized spacial score (nSPS) is 14.6. The summed E-state index contributed by atoms with van der Waals surface area (Å²) in [6.07, 6.45) is 0. The molecule has 0 aliphatic carbocycles. The highest BCUT2D eigenvalue weighted by Crippen LogP contribution is 2.37. The second-order valence-corrected chi connectivity index (χ2v) is 9.66. The number of para-hydroxylation sites is 1. The number of allylic oxidation sites excluding steroid dienone is 1. The van der Waals surface area contributed by atoms with Gasteiger partial charge in [-0.25, -0.2) is 4.68 Å². The van der Waals surface area contributed by atoms with Gasteiger partial charge in [0.25, 0.3) is 5.91 Å². The molecular weight excluding hydrogens is 486 g/mol. The maximum atomic E-state index is 13.5. The number of aryl methyl sites for hydroxylation is 1. The Morgan fingerprint density at radius 3 is 2.41 bits per heavy atom. The molecule has 9 heteroatoms. The first-order valence-electron chi connectivity index (χ1n) is 11.7. The summed E-state index contributed by atoms with van der Waals surface area (Å²) in [6, 6.07) is 22.8. The molecular formula is C28H25N5O3S. The summed E-state index contributed by atoms with van der Waals surface area (Å²) in [5.41, 5.74) is 4.27. The van der Waals surface area contributed by atoms with Gasteiger partial charge in [-0.3, -0.25) is 9.59 Å². The first-order valence-corrected chi connectivity index (χ1v) is 12.7. The highest BCUT2D eigenvalue weighted by Gasteiger charge is 2.34. The fraction of sp³-hybridized carbons (Fsp3) is 0.143. The summed E-state index contributed by atoms with van der Waals surface area (Å²) < 4.78 is 1.65. The SMILES string of the molecule is CC1=C(C(=O)Nc2ccccc2)[C@H](c2ccc(O)cc2)n2nc(SCC(=O)c3ccc(C)cc3)nc2N1. The smallest absolute Gasteiger partial charge is 0.255 e. The van der Waals surface area contributed by atoms with E-state index in [1.165, 1.54) is 11.8 Å². The van der Waals surface area contributed by atoms with E-state index < -0.39 is 6.04 Å². The average molecular weight is 512 g/mol. The number of aromatic hydroxyl groups is 1. The third-order valence-electron chi connectivity index (χ3n) is 6.02. The van der Waals surface area contributed by atoms with Gasteiger partial charge in [0, 0.05) is 16.9 Å². The van der Waals surface area contributed by atoms with Crippen molar-refractivity contribution in [2.75, 3.05) is 16.4 Å². The second kappa shape index (κ2) is 10.3. The number of ketones is 1. The Labute approximate surface area is 218 Å². The molecule has 5 rings (SSSR count). The van der Waals surface area contributed by atoms with Crippen LogP contribution in [0.15, 0.2) is 95.3 Å². The number of aromatic nitrogens is 3. The standard InChI is InChI=1S/C28H25N5O3S/c1-17-8-10-19(11-9-17)23(35)16-37-28-31-27-29-18(2)24(26(36)30-21-6-4-3-5-7-21)25(33(27)32-28)20-12-14-22(34)15-13-20/h3-15,25,34H,16H2,1-2H3,(H,30,36)(H,29,31,32)/t25-/m0/s1. The quantitative estimate of drug-likeness (QED) is 0.231. The molecule has 0 unspecified atom stereocenters. The van der Waals surface area contributed by atoms with Gasteiger partial charge in [0.15, 0.2) is 5.78 Å². The highest BCUT2D eigenvalue weighted by molar-refractivity contribution is 7.99. The number of phenolic OH excluding ortho intramolecular Hbond substituents is 1. The predicted molar refractivity (Wildman–Crippen MR) is 144 cm³/mol. The van der Waals surface area contributed by atoms with E-state index in [9.17, 15) is 14.7 Å². The van der Waals surface area contributed by atoms with Crippen LogP contribution in [0.25, 0.3) is 0 Å². The van der Waals surface area contributed by atoms with Gasteiger partial charge in [0.05, 0.1) is 11.3 Å². The van der Waals surface area contributed by atoms with E-state index in [1.807, 2.05) is 68.4 Å². The maximum Gasteiger partial charge on any atom is 0.255 e. The third kappa shape index (κ3) is 5.26. The lowest BCUT2D eigenvalue weighted by Gasteiger charge is -2.28. The second-order valence-electron chi connectivity index (χ2n) is 8.72. The van der Waals surface area contributed by atoms with Crippen molar-refractivity contribution in [3.05, 3.63) is 107 Å². The van der Waals surface area contributed by atoms with Crippen LogP contribution in [-0.4, -0.2) is 37.3 Å². The number of anilines is 2. The number of rotatable bonds is 7. The van der Waals surface area contributed by atoms with Gasteiger partial charge in [-0.05, 0) is 43.7 Å². The van der Waals surface area contributed by atoms with E-state index in [2.05, 4.69) is 20.7 Å². The zero-order valence-corrected chi connectivity index (χ0v) is 21.1. The first-order chi connectivity index (χ1) is 17.9. The molecule has 0 fully saturated rings. The average Bonchev–Trinajstić information content (AvgIpc) is 3.30. The topological polar surface area (TPSA) is 109 Å². The van der Waals surface area contributed by atoms with Crippen LogP contribution >= 0.6 is 11.8 Å². The van der Waals surface area contributed by atoms with E-state index in [-0.39, 0.29) is 23.2 Å². The van der Waals surface area contributed by atoms with Gasteiger partial charge in [0.1, 0.15) is 11.8 Å². The van der Waals surface area contributed by atoms with Crippen LogP contribution in [-0.2, 0) is 4.79 Å². The molecule has 1 aliphatic heterocycles. The summed E-state index contributed by atoms with van der Waals surface area (Å²) in [4.78, 5) is 30.7. The predicted octanol–water partition coefficient (Wildman–Crippen LogP) is 5.19. The fourth-order valence-electron chi connectivity index (χ4n) is 4.12. The number of nitrogens with zero attached hydrogens (tertiary/aromatic N) is 3. The summed E-state index contributed by atoms with van der Waals surface area (Å²) in [6.45, 7) is 3.80. The van der Waals surface area contributed by atoms with Crippen molar-refractivity contribution in [3.63, 3.8) is 0 Å². The zero-order chi connectivity index (χ0) is 25.9. The molecule has 3 aromatic carbocycles. The van der Waals surface area contributed by atoms with Gasteiger partial charge in [-0.2, -0.15) is 4.98 Å². The summed E-state index contributed by atoms with van der Waals surface area (Å²) in [5.74, 6) is 0.483. The number of phenols is 1. The maximum absolute atomic E-state index is 13.5. The van der Waals surface area contributed by atoms with Gasteiger partial charge < -0.3 is 15.7 Å². The lowest BCUT2D eigenvalue weighted by atomic mass is 9.95. The molecule has 0 spiro atoms. The monoisotopic (exact) mass is 511 g/mol. The Kier molecular flexibility index (Phi) is 6.78. The molecule has 2 heterocycles. The number of hydrogen-bond acceptors (Lipinski definition) is 7. The Morgan fingerprint density at radius 1 is 1.00 bits per heavy atom. The molecule has 1 amide bonds. The number of carbonyl (C=O) groups is 2. The molecule has 1 aliphatic rings. The number of Topliss-reactive ketones (excluding diaryl/α,β-unsaturated/α-hetero) is 1. The van der Waals surface area contributed by atoms with Crippen molar-refractivity contribution in [1.29, 1.82) is 0 Å². The van der Waals surface area contributed by atoms with Crippen molar-refractivity contribution in [3.8, 4) is 5.75 Å². The van der Waals surface area contributed by atoms with Crippen LogP contribution < -0.4 is 10.6 Å². The summed E-state index contributed by atoms with van der Waals surface area (Å²) >= 11 is 1.24. The molecule has 186 valence electrons. The van der Waals surface area contributed by atoms with Crippen LogP contribution in [0.3, 0.4) is 0 Å². The van der Waals surface area contributed by atoms with Gasteiger partial charge in [-0.1, -0.05) is 71.9 Å². The number of hydrogen-bond donors (Lipinski definition) is 3. The summed E-state index contributed by atoms with van der Waals surface area (Å²) in [5, 5.41) is 21.1. The van der Waals surface area contributed by atoms with E-state index in [1.54, 1.807) is 28.9 Å². The van der Waals surface area contributed by atoms with Crippen LogP contribution in [0, 0.1) is 6.92 Å². The molecule has 0 saturated heterocycles. The van der Waals surface area contributed by atoms with Crippen molar-refractivity contribution < 1.29 is 14.7 Å². The minimum absolute atomic E-state index is 0.0157. The van der Waals surface area contributed by atoms with Gasteiger partial charge in [-0.15, -0.1) is 5.10 Å². The highest BCUT2D eigenvalue weighted by atomic mass is 32.2. The number of amides is 1. The molecule has 3 N–H and O–H groups in total. The van der Waals surface area contributed by atoms with E-state index in [0.29, 0.717) is 33.6 Å². The molecule has 0 saturated carbocycles. The van der Waals surface area contributed by atoms with Crippen LogP contribution in [0.5, 0.6) is 5.75 Å². The molecule has 4 aromatic rings. The third-order valence-corrected chi connectivity index (χ3v) is 6.86. The Balaban J connectivity index is 1.44. The number of thioether (sulfide) groups is 1. The molecule has 0 bridgehead atoms. The number of carbonyl (C=O) groups excluding carboxylic acids is 2. The Bertz CT molecular complexity index is 1480. The van der Waals surface area contributed by atoms with E-state index >= 15 is 0 Å². The van der Waals surface area contributed by atoms with Crippen molar-refractivity contribution >= 4 is 35.1 Å². The minimum atomic E-state index is -0.588. The lowest BCUT2D eigenvalue weighted by molar-refractivity contribution is -0.113. The first kappa shape index (κ1) is 24.3. The van der Waals surface area contributed by atoms with E-state index in [4.69, 9.17) is 0 Å². The number of nitrogens with one attached hydrogen (secondary N) is 2. The van der Waals surface area contributed by atoms with Crippen LogP contribution in [0.1, 0.15) is 34.5 Å². The van der Waals surface area contributed by atoms with Crippen molar-refractivity contribution in [2.24, 2.45) is 0 Å². The van der Waals surface area contributed by atoms with Crippen molar-refractivity contribution in [2.45, 2.75) is 25.0 Å². The molecule has 1 aromatic heterocycles. The van der Waals surface area contributed by atoms with Gasteiger partial charge >= 0.3 is 0 Å².